The second-order valence-electron chi connectivity index (χ2n) is 7.89. The van der Waals surface area contributed by atoms with Crippen molar-refractivity contribution in [3.05, 3.63) is 59.4 Å². The van der Waals surface area contributed by atoms with Crippen LogP contribution in [0.15, 0.2) is 42.5 Å². The van der Waals surface area contributed by atoms with Gasteiger partial charge in [0, 0.05) is 0 Å². The van der Waals surface area contributed by atoms with Gasteiger partial charge < -0.3 is 15.4 Å². The molecule has 1 unspecified atom stereocenters. The molecule has 0 aromatic heterocycles. The van der Waals surface area contributed by atoms with E-state index in [0.717, 1.165) is 13.2 Å². The molecule has 1 saturated carbocycles. The van der Waals surface area contributed by atoms with Crippen LogP contribution in [0.3, 0.4) is 0 Å². The average molecular weight is 466 g/mol. The van der Waals surface area contributed by atoms with Gasteiger partial charge >= 0.3 is 12.1 Å². The van der Waals surface area contributed by atoms with Crippen LogP contribution in [-0.4, -0.2) is 36.6 Å². The van der Waals surface area contributed by atoms with E-state index in [2.05, 4.69) is 15.4 Å². The van der Waals surface area contributed by atoms with Crippen molar-refractivity contribution < 1.29 is 36.7 Å². The van der Waals surface area contributed by atoms with Crippen molar-refractivity contribution in [2.24, 2.45) is 0 Å². The Kier molecular flexibility index (Phi) is 6.76. The van der Waals surface area contributed by atoms with E-state index in [1.165, 1.54) is 6.07 Å². The topological polar surface area (TPSA) is 84.5 Å². The zero-order valence-corrected chi connectivity index (χ0v) is 17.9. The van der Waals surface area contributed by atoms with Crippen LogP contribution in [0.5, 0.6) is 0 Å². The highest BCUT2D eigenvalue weighted by Crippen LogP contribution is 2.37. The van der Waals surface area contributed by atoms with Gasteiger partial charge in [0.2, 0.25) is 11.8 Å². The van der Waals surface area contributed by atoms with E-state index in [9.17, 15) is 31.9 Å². The minimum atomic E-state index is -4.65. The highest BCUT2D eigenvalue weighted by molar-refractivity contribution is 5.97. The van der Waals surface area contributed by atoms with E-state index in [1.54, 1.807) is 37.3 Å². The second kappa shape index (κ2) is 9.21. The molecule has 10 heteroatoms. The normalized spacial score (nSPS) is 15.3. The first kappa shape index (κ1) is 24.2. The average Bonchev–Trinajstić information content (AvgIpc) is 3.52. The maximum Gasteiger partial charge on any atom is 0.397 e. The number of carbonyl (C=O) groups excluding carboxylic acids is 3. The lowest BCUT2D eigenvalue weighted by atomic mass is 9.97. The maximum atomic E-state index is 14.2. The number of halogens is 4. The van der Waals surface area contributed by atoms with E-state index in [-0.39, 0.29) is 18.4 Å². The number of alkyl halides is 3. The molecule has 2 N–H and O–H groups in total. The maximum absolute atomic E-state index is 14.2. The summed E-state index contributed by atoms with van der Waals surface area (Å²) in [5.74, 6) is -3.34. The summed E-state index contributed by atoms with van der Waals surface area (Å²) in [5.41, 5.74) is 0.0395. The Balaban J connectivity index is 1.70. The van der Waals surface area contributed by atoms with Crippen LogP contribution in [0.4, 0.5) is 17.6 Å². The molecule has 2 amide bonds. The summed E-state index contributed by atoms with van der Waals surface area (Å²) in [5, 5.41) is 4.89. The van der Waals surface area contributed by atoms with Crippen LogP contribution in [-0.2, 0) is 14.3 Å². The molecule has 176 valence electrons. The Bertz CT molecular complexity index is 1060. The molecule has 1 aliphatic rings. The largest absolute Gasteiger partial charge is 0.465 e. The zero-order valence-electron chi connectivity index (χ0n) is 17.9. The quantitative estimate of drug-likeness (QED) is 0.476. The Labute approximate surface area is 187 Å². The molecule has 2 aromatic rings. The van der Waals surface area contributed by atoms with Crippen molar-refractivity contribution in [3.8, 4) is 11.1 Å². The van der Waals surface area contributed by atoms with Gasteiger partial charge in [-0.1, -0.05) is 36.4 Å². The van der Waals surface area contributed by atoms with Gasteiger partial charge in [0.25, 0.3) is 0 Å². The number of rotatable bonds is 7. The highest BCUT2D eigenvalue weighted by atomic mass is 19.4. The summed E-state index contributed by atoms with van der Waals surface area (Å²) in [7, 11) is 1.16. The fourth-order valence-corrected chi connectivity index (χ4v) is 3.47. The van der Waals surface area contributed by atoms with Crippen molar-refractivity contribution in [2.45, 2.75) is 43.9 Å². The third kappa shape index (κ3) is 5.68. The molecule has 33 heavy (non-hydrogen) atoms. The Morgan fingerprint density at radius 2 is 1.73 bits per heavy atom. The van der Waals surface area contributed by atoms with E-state index in [0.29, 0.717) is 16.7 Å². The first-order chi connectivity index (χ1) is 15.5. The predicted molar refractivity (Wildman–Crippen MR) is 111 cm³/mol. The molecular weight excluding hydrogens is 444 g/mol. The number of amides is 2. The van der Waals surface area contributed by atoms with Gasteiger partial charge in [-0.3, -0.25) is 9.59 Å². The summed E-state index contributed by atoms with van der Waals surface area (Å²) in [6, 6.07) is 10.3. The highest BCUT2D eigenvalue weighted by Gasteiger charge is 2.52. The lowest BCUT2D eigenvalue weighted by Gasteiger charge is -2.21. The van der Waals surface area contributed by atoms with Crippen LogP contribution in [0, 0.1) is 5.82 Å². The summed E-state index contributed by atoms with van der Waals surface area (Å²) >= 11 is 0. The van der Waals surface area contributed by atoms with E-state index in [4.69, 9.17) is 0 Å². The minimum absolute atomic E-state index is 0.195. The van der Waals surface area contributed by atoms with Crippen molar-refractivity contribution >= 4 is 17.8 Å². The first-order valence-corrected chi connectivity index (χ1v) is 10.1. The van der Waals surface area contributed by atoms with E-state index >= 15 is 0 Å². The fourth-order valence-electron chi connectivity index (χ4n) is 3.47. The molecular formula is C23H22F4N2O4. The fraction of sp³-hybridized carbons (Fsp3) is 0.348. The standard InChI is InChI=1S/C23H22F4N2O4/c1-13(28-21(32)22(10-11-22)29-18(30)12-23(25,26)27)14-6-8-15(9-7-14)16-4-3-5-17(24)19(16)20(31)33-2/h3-9,13H,10-12H2,1-2H3,(H,28,32)(H,29,30). The number of hydrogen-bond acceptors (Lipinski definition) is 4. The molecule has 3 rings (SSSR count). The molecule has 0 spiro atoms. The summed E-state index contributed by atoms with van der Waals surface area (Å²) < 4.78 is 56.0. The van der Waals surface area contributed by atoms with Gasteiger partial charge in [-0.15, -0.1) is 0 Å². The second-order valence-corrected chi connectivity index (χ2v) is 7.89. The van der Waals surface area contributed by atoms with Gasteiger partial charge in [-0.25, -0.2) is 9.18 Å². The van der Waals surface area contributed by atoms with Crippen LogP contribution in [0.2, 0.25) is 0 Å². The van der Waals surface area contributed by atoms with Crippen LogP contribution >= 0.6 is 0 Å². The van der Waals surface area contributed by atoms with Crippen molar-refractivity contribution in [1.29, 1.82) is 0 Å². The first-order valence-electron chi connectivity index (χ1n) is 10.1. The van der Waals surface area contributed by atoms with E-state index < -0.39 is 47.8 Å². The van der Waals surface area contributed by atoms with Gasteiger partial charge in [0.15, 0.2) is 0 Å². The molecule has 2 aromatic carbocycles. The number of ether oxygens (including phenoxy) is 1. The number of nitrogens with one attached hydrogen (secondary N) is 2. The molecule has 0 saturated heterocycles. The van der Waals surface area contributed by atoms with Gasteiger partial charge in [-0.2, -0.15) is 13.2 Å². The number of hydrogen-bond donors (Lipinski definition) is 2. The molecule has 6 nitrogen and oxygen atoms in total. The molecule has 0 aliphatic heterocycles. The predicted octanol–water partition coefficient (Wildman–Crippen LogP) is 4.06. The third-order valence-corrected chi connectivity index (χ3v) is 5.40. The molecule has 1 aliphatic carbocycles. The third-order valence-electron chi connectivity index (χ3n) is 5.40. The summed E-state index contributed by atoms with van der Waals surface area (Å²) in [6.07, 6.45) is -5.79. The number of esters is 1. The molecule has 0 heterocycles. The monoisotopic (exact) mass is 466 g/mol. The Morgan fingerprint density at radius 1 is 1.09 bits per heavy atom. The molecule has 0 radical (unpaired) electrons. The van der Waals surface area contributed by atoms with Crippen LogP contribution in [0.1, 0.15) is 48.1 Å². The lowest BCUT2D eigenvalue weighted by Crippen LogP contribution is -2.50. The van der Waals surface area contributed by atoms with Crippen molar-refractivity contribution in [3.63, 3.8) is 0 Å². The van der Waals surface area contributed by atoms with Gasteiger partial charge in [-0.05, 0) is 42.5 Å². The number of carbonyl (C=O) groups is 3. The van der Waals surface area contributed by atoms with Gasteiger partial charge in [0.1, 0.15) is 23.3 Å². The smallest absolute Gasteiger partial charge is 0.397 e. The molecule has 1 atom stereocenters. The number of methoxy groups -OCH3 is 1. The Hall–Kier alpha value is -3.43. The summed E-state index contributed by atoms with van der Waals surface area (Å²) in [4.78, 5) is 36.2. The van der Waals surface area contributed by atoms with Crippen LogP contribution < -0.4 is 10.6 Å². The van der Waals surface area contributed by atoms with Crippen LogP contribution in [0.25, 0.3) is 11.1 Å². The SMILES string of the molecule is COC(=O)c1c(F)cccc1-c1ccc(C(C)NC(=O)C2(NC(=O)CC(F)(F)F)CC2)cc1. The Morgan fingerprint density at radius 3 is 2.27 bits per heavy atom. The summed E-state index contributed by atoms with van der Waals surface area (Å²) in [6.45, 7) is 1.68. The minimum Gasteiger partial charge on any atom is -0.465 e. The van der Waals surface area contributed by atoms with Crippen molar-refractivity contribution in [2.75, 3.05) is 7.11 Å². The van der Waals surface area contributed by atoms with Crippen molar-refractivity contribution in [1.82, 2.24) is 10.6 Å². The molecule has 0 bridgehead atoms. The van der Waals surface area contributed by atoms with Gasteiger partial charge in [0.05, 0.1) is 13.2 Å². The van der Waals surface area contributed by atoms with E-state index in [1.807, 2.05) is 0 Å². The zero-order chi connectivity index (χ0) is 24.4. The lowest BCUT2D eigenvalue weighted by molar-refractivity contribution is -0.155. The molecule has 1 fully saturated rings. The number of benzene rings is 2.